The van der Waals surface area contributed by atoms with Gasteiger partial charge in [-0.05, 0) is 38.5 Å². The molecule has 0 saturated carbocycles. The van der Waals surface area contributed by atoms with Gasteiger partial charge in [0.1, 0.15) is 0 Å². The molecular formula is C22H36N6O4. The minimum atomic E-state index is 0.0569. The predicted octanol–water partition coefficient (Wildman–Crippen LogP) is 3.14. The van der Waals surface area contributed by atoms with Gasteiger partial charge in [0.2, 0.25) is 18.2 Å². The Morgan fingerprint density at radius 3 is 1.22 bits per heavy atom. The second-order valence-electron chi connectivity index (χ2n) is 7.79. The lowest BCUT2D eigenvalue weighted by molar-refractivity contribution is 0.199. The highest BCUT2D eigenvalue weighted by molar-refractivity contribution is 5.33. The van der Waals surface area contributed by atoms with E-state index < -0.39 is 0 Å². The van der Waals surface area contributed by atoms with E-state index in [9.17, 15) is 19.2 Å². The molecule has 0 unspecified atom stereocenters. The average molecular weight is 449 g/mol. The van der Waals surface area contributed by atoms with E-state index in [-0.39, 0.29) is 5.69 Å². The number of unbranched alkanes of at least 4 members (excludes halogenated alkanes) is 9. The lowest BCUT2D eigenvalue weighted by Gasteiger charge is -2.27. The Hall–Kier alpha value is -2.79. The van der Waals surface area contributed by atoms with Crippen molar-refractivity contribution < 1.29 is 14.4 Å². The fraction of sp³-hybridized carbons (Fsp3) is 0.818. The Morgan fingerprint density at radius 1 is 0.500 bits per heavy atom. The molecule has 0 radical (unpaired) electrons. The van der Waals surface area contributed by atoms with E-state index >= 15 is 0 Å². The number of nitrogens with zero attached hydrogens (tertiary/aromatic N) is 6. The van der Waals surface area contributed by atoms with Gasteiger partial charge in [0.05, 0.1) is 26.2 Å². The van der Waals surface area contributed by atoms with Crippen LogP contribution in [0.3, 0.4) is 0 Å². The quantitative estimate of drug-likeness (QED) is 0.163. The minimum absolute atomic E-state index is 0.0569. The Morgan fingerprint density at radius 2 is 0.844 bits per heavy atom. The van der Waals surface area contributed by atoms with Crippen molar-refractivity contribution in [3.8, 4) is 0 Å². The summed E-state index contributed by atoms with van der Waals surface area (Å²) in [4.78, 5) is 55.6. The van der Waals surface area contributed by atoms with Gasteiger partial charge in [-0.15, -0.1) is 0 Å². The van der Waals surface area contributed by atoms with E-state index in [1.165, 1.54) is 0 Å². The van der Waals surface area contributed by atoms with Crippen LogP contribution < -0.4 is 5.69 Å². The molecule has 0 bridgehead atoms. The van der Waals surface area contributed by atoms with Gasteiger partial charge < -0.3 is 0 Å². The lowest BCUT2D eigenvalue weighted by Crippen LogP contribution is -2.50. The average Bonchev–Trinajstić information content (AvgIpc) is 2.80. The molecule has 0 spiro atoms. The Kier molecular flexibility index (Phi) is 16.1. The van der Waals surface area contributed by atoms with E-state index in [4.69, 9.17) is 0 Å². The van der Waals surface area contributed by atoms with E-state index in [0.717, 1.165) is 83.6 Å². The van der Waals surface area contributed by atoms with Crippen LogP contribution >= 0.6 is 0 Å². The van der Waals surface area contributed by atoms with Crippen molar-refractivity contribution in [3.05, 3.63) is 10.5 Å². The summed E-state index contributed by atoms with van der Waals surface area (Å²) in [5.74, 6) is 0. The molecule has 0 aromatic carbocycles. The fourth-order valence-corrected chi connectivity index (χ4v) is 3.63. The van der Waals surface area contributed by atoms with Crippen molar-refractivity contribution in [3.63, 3.8) is 0 Å². The summed E-state index contributed by atoms with van der Waals surface area (Å²) in [6, 6.07) is 0. The molecule has 10 heteroatoms. The number of isocyanates is 3. The number of rotatable bonds is 21. The first kappa shape index (κ1) is 27.2. The topological polar surface area (TPSA) is 120 Å². The van der Waals surface area contributed by atoms with Crippen LogP contribution in [0.4, 0.5) is 0 Å². The van der Waals surface area contributed by atoms with Crippen LogP contribution in [-0.4, -0.2) is 52.0 Å². The Balaban J connectivity index is 2.47. The maximum Gasteiger partial charge on any atom is 0.360 e. The number of hydrogen-bond donors (Lipinski definition) is 0. The van der Waals surface area contributed by atoms with Gasteiger partial charge in [0.25, 0.3) is 0 Å². The lowest BCUT2D eigenvalue weighted by atomic mass is 10.2. The summed E-state index contributed by atoms with van der Waals surface area (Å²) in [6.07, 6.45) is 16.1. The van der Waals surface area contributed by atoms with Gasteiger partial charge >= 0.3 is 5.69 Å². The van der Waals surface area contributed by atoms with Gasteiger partial charge in [-0.2, -0.15) is 0 Å². The summed E-state index contributed by atoms with van der Waals surface area (Å²) in [5.41, 5.74) is 0.0569. The first-order valence-corrected chi connectivity index (χ1v) is 11.7. The summed E-state index contributed by atoms with van der Waals surface area (Å²) >= 11 is 0. The number of aliphatic imine (C=N–C) groups is 3. The molecule has 10 nitrogen and oxygen atoms in total. The van der Waals surface area contributed by atoms with E-state index in [0.29, 0.717) is 32.7 Å². The van der Waals surface area contributed by atoms with Crippen LogP contribution in [0, 0.1) is 0 Å². The summed E-state index contributed by atoms with van der Waals surface area (Å²) in [5, 5.41) is 0. The molecule has 0 atom stereocenters. The van der Waals surface area contributed by atoms with Crippen LogP contribution in [0.15, 0.2) is 19.8 Å². The molecule has 0 N–H and O–H groups in total. The highest BCUT2D eigenvalue weighted by atomic mass is 16.2. The summed E-state index contributed by atoms with van der Waals surface area (Å²) < 4.78 is 3.66. The molecule has 0 saturated heterocycles. The second kappa shape index (κ2) is 18.9. The third-order valence-corrected chi connectivity index (χ3v) is 5.35. The van der Waals surface area contributed by atoms with Gasteiger partial charge in [0, 0.05) is 13.1 Å². The van der Waals surface area contributed by atoms with Crippen LogP contribution in [-0.2, 0) is 34.0 Å². The van der Waals surface area contributed by atoms with E-state index in [2.05, 4.69) is 19.8 Å². The molecule has 0 aliphatic heterocycles. The van der Waals surface area contributed by atoms with E-state index in [1.807, 2.05) is 9.36 Å². The largest absolute Gasteiger partial charge is 0.360 e. The van der Waals surface area contributed by atoms with Crippen LogP contribution in [0.2, 0.25) is 0 Å². The van der Waals surface area contributed by atoms with Gasteiger partial charge in [-0.1, -0.05) is 38.5 Å². The molecular weight excluding hydrogens is 412 g/mol. The number of aromatic nitrogens is 3. The maximum atomic E-state index is 12.6. The smallest absolute Gasteiger partial charge is 0.244 e. The van der Waals surface area contributed by atoms with Crippen LogP contribution in [0.25, 0.3) is 0 Å². The molecule has 0 aliphatic rings. The molecule has 0 fully saturated rings. The zero-order valence-electron chi connectivity index (χ0n) is 19.0. The zero-order valence-corrected chi connectivity index (χ0v) is 19.0. The predicted molar refractivity (Wildman–Crippen MR) is 121 cm³/mol. The van der Waals surface area contributed by atoms with Crippen molar-refractivity contribution in [2.24, 2.45) is 15.0 Å². The molecule has 1 aromatic heterocycles. The second-order valence-corrected chi connectivity index (χ2v) is 7.79. The van der Waals surface area contributed by atoms with Crippen molar-refractivity contribution >= 4 is 18.2 Å². The third kappa shape index (κ3) is 11.6. The minimum Gasteiger partial charge on any atom is -0.244 e. The SMILES string of the molecule is O=C=NCCCCCCn1c(=O)n(CCCCCCN=C=O)n1CCCCCCN=C=O. The molecule has 0 amide bonds. The highest BCUT2D eigenvalue weighted by Gasteiger charge is 2.15. The van der Waals surface area contributed by atoms with Crippen molar-refractivity contribution in [1.29, 1.82) is 0 Å². The van der Waals surface area contributed by atoms with Crippen molar-refractivity contribution in [2.45, 2.75) is 96.7 Å². The Bertz CT molecular complexity index is 772. The van der Waals surface area contributed by atoms with Crippen LogP contribution in [0.5, 0.6) is 0 Å². The molecule has 178 valence electrons. The third-order valence-electron chi connectivity index (χ3n) is 5.35. The normalized spacial score (nSPS) is 10.4. The number of carbonyl (C=O) groups excluding carboxylic acids is 3. The summed E-state index contributed by atoms with van der Waals surface area (Å²) in [6.45, 7) is 3.76. The van der Waals surface area contributed by atoms with Gasteiger partial charge in [-0.25, -0.2) is 48.3 Å². The van der Waals surface area contributed by atoms with Gasteiger partial charge in [-0.3, -0.25) is 0 Å². The monoisotopic (exact) mass is 448 g/mol. The Labute approximate surface area is 189 Å². The summed E-state index contributed by atoms with van der Waals surface area (Å²) in [7, 11) is 0. The van der Waals surface area contributed by atoms with Crippen LogP contribution in [0.1, 0.15) is 77.0 Å². The van der Waals surface area contributed by atoms with Gasteiger partial charge in [0.15, 0.2) is 0 Å². The molecule has 0 aliphatic carbocycles. The standard InChI is InChI=1S/C22H36N6O4/c29-19-23-13-7-1-4-10-16-26-22(32)27(17-11-5-2-8-14-24-20-30)28(26)18-12-6-3-9-15-25-21-31/h1-18H2. The van der Waals surface area contributed by atoms with Crippen molar-refractivity contribution in [1.82, 2.24) is 14.2 Å². The van der Waals surface area contributed by atoms with E-state index in [1.54, 1.807) is 18.2 Å². The zero-order chi connectivity index (χ0) is 23.3. The molecule has 32 heavy (non-hydrogen) atoms. The maximum absolute atomic E-state index is 12.6. The number of hydrogen-bond acceptors (Lipinski definition) is 7. The first-order valence-electron chi connectivity index (χ1n) is 11.7. The molecule has 1 rings (SSSR count). The van der Waals surface area contributed by atoms with Crippen molar-refractivity contribution in [2.75, 3.05) is 19.6 Å². The fourth-order valence-electron chi connectivity index (χ4n) is 3.63. The molecule has 1 aromatic rings. The highest BCUT2D eigenvalue weighted by Crippen LogP contribution is 2.08. The first-order chi connectivity index (χ1) is 15.8. The molecule has 1 heterocycles.